The summed E-state index contributed by atoms with van der Waals surface area (Å²) in [4.78, 5) is 26.7. The lowest BCUT2D eigenvalue weighted by Crippen LogP contribution is -2.57. The van der Waals surface area contributed by atoms with Crippen LogP contribution < -0.4 is 5.32 Å². The third-order valence-electron chi connectivity index (χ3n) is 5.76. The van der Waals surface area contributed by atoms with Crippen LogP contribution >= 0.6 is 0 Å². The maximum atomic E-state index is 13.0. The Bertz CT molecular complexity index is 542. The maximum absolute atomic E-state index is 13.0. The molecule has 2 aliphatic heterocycles. The largest absolute Gasteiger partial charge is 0.391 e. The Morgan fingerprint density at radius 1 is 1.10 bits per heavy atom. The number of ether oxygens (including phenoxy) is 2. The lowest BCUT2D eigenvalue weighted by atomic mass is 9.95. The molecule has 0 aromatic heterocycles. The molecule has 0 spiro atoms. The van der Waals surface area contributed by atoms with Crippen molar-refractivity contribution in [2.24, 2.45) is 17.8 Å². The minimum Gasteiger partial charge on any atom is -0.381 e. The second-order valence-corrected chi connectivity index (χ2v) is 8.38. The van der Waals surface area contributed by atoms with Crippen molar-refractivity contribution in [2.75, 3.05) is 32.9 Å². The summed E-state index contributed by atoms with van der Waals surface area (Å²) < 4.78 is 50.0. The first-order valence-corrected chi connectivity index (χ1v) is 10.4. The summed E-state index contributed by atoms with van der Waals surface area (Å²) in [5.41, 5.74) is 0. The van der Waals surface area contributed by atoms with Crippen molar-refractivity contribution < 1.29 is 32.2 Å². The molecular formula is C20H33F3N2O4. The Labute approximate surface area is 170 Å². The number of nitrogens with one attached hydrogen (secondary N) is 1. The fraction of sp³-hybridized carbons (Fsp3) is 0.900. The Hall–Kier alpha value is -1.35. The van der Waals surface area contributed by atoms with E-state index in [9.17, 15) is 22.8 Å². The van der Waals surface area contributed by atoms with Crippen LogP contribution in [0, 0.1) is 17.8 Å². The van der Waals surface area contributed by atoms with Gasteiger partial charge in [-0.2, -0.15) is 13.2 Å². The number of carbonyl (C=O) groups excluding carboxylic acids is 2. The highest BCUT2D eigenvalue weighted by Crippen LogP contribution is 2.34. The highest BCUT2D eigenvalue weighted by Gasteiger charge is 2.43. The van der Waals surface area contributed by atoms with E-state index < -0.39 is 24.2 Å². The molecule has 0 aromatic carbocycles. The van der Waals surface area contributed by atoms with Gasteiger partial charge in [0.25, 0.3) is 0 Å². The number of hydrogen-bond acceptors (Lipinski definition) is 4. The predicted molar refractivity (Wildman–Crippen MR) is 101 cm³/mol. The van der Waals surface area contributed by atoms with Gasteiger partial charge in [0.2, 0.25) is 11.8 Å². The van der Waals surface area contributed by atoms with Gasteiger partial charge in [-0.25, -0.2) is 0 Å². The van der Waals surface area contributed by atoms with Gasteiger partial charge in [-0.3, -0.25) is 9.59 Å². The van der Waals surface area contributed by atoms with E-state index >= 15 is 0 Å². The summed E-state index contributed by atoms with van der Waals surface area (Å²) in [6.45, 7) is 7.06. The predicted octanol–water partition coefficient (Wildman–Crippen LogP) is 2.76. The van der Waals surface area contributed by atoms with Gasteiger partial charge in [0.1, 0.15) is 6.04 Å². The topological polar surface area (TPSA) is 67.9 Å². The van der Waals surface area contributed by atoms with Gasteiger partial charge in [-0.1, -0.05) is 13.8 Å². The molecule has 29 heavy (non-hydrogen) atoms. The molecule has 2 heterocycles. The van der Waals surface area contributed by atoms with Gasteiger partial charge in [-0.15, -0.1) is 0 Å². The molecule has 2 atom stereocenters. The van der Waals surface area contributed by atoms with Gasteiger partial charge in [0.05, 0.1) is 18.6 Å². The van der Waals surface area contributed by atoms with E-state index in [1.807, 2.05) is 0 Å². The first-order valence-electron chi connectivity index (χ1n) is 10.4. The highest BCUT2D eigenvalue weighted by atomic mass is 19.4. The number of carbonyl (C=O) groups is 2. The molecule has 168 valence electrons. The fourth-order valence-corrected chi connectivity index (χ4v) is 3.62. The quantitative estimate of drug-likeness (QED) is 0.685. The fourth-order valence-electron chi connectivity index (χ4n) is 3.62. The van der Waals surface area contributed by atoms with E-state index in [2.05, 4.69) is 5.32 Å². The summed E-state index contributed by atoms with van der Waals surface area (Å²) in [5.74, 6) is -2.01. The minimum atomic E-state index is -4.24. The van der Waals surface area contributed by atoms with Crippen molar-refractivity contribution in [3.05, 3.63) is 0 Å². The third-order valence-corrected chi connectivity index (χ3v) is 5.76. The summed E-state index contributed by atoms with van der Waals surface area (Å²) in [6.07, 6.45) is -3.27. The van der Waals surface area contributed by atoms with Crippen LogP contribution in [-0.4, -0.2) is 67.9 Å². The molecule has 2 fully saturated rings. The molecule has 6 nitrogen and oxygen atoms in total. The smallest absolute Gasteiger partial charge is 0.381 e. The van der Waals surface area contributed by atoms with Crippen molar-refractivity contribution in [2.45, 2.75) is 64.8 Å². The summed E-state index contributed by atoms with van der Waals surface area (Å²) in [6, 6.07) is -0.910. The first kappa shape index (κ1) is 23.9. The standard InChI is InChI=1S/C20H33F3N2O4/c1-13(2)18(26)24-17(14(3)29-12-15-6-10-28-11-7-15)19(27)25-8-4-16(5-9-25)20(21,22)23/h13-17H,4-12H2,1-3H3,(H,24,26)/t14-,17+/m1/s1. The average Bonchev–Trinajstić information content (AvgIpc) is 2.69. The molecule has 2 aliphatic rings. The number of nitrogens with zero attached hydrogens (tertiary/aromatic N) is 1. The molecule has 0 radical (unpaired) electrons. The van der Waals surface area contributed by atoms with Gasteiger partial charge >= 0.3 is 6.18 Å². The van der Waals surface area contributed by atoms with Crippen LogP contribution in [0.5, 0.6) is 0 Å². The third kappa shape index (κ3) is 7.13. The number of rotatable bonds is 7. The molecule has 9 heteroatoms. The zero-order chi connectivity index (χ0) is 21.6. The summed E-state index contributed by atoms with van der Waals surface area (Å²) >= 11 is 0. The van der Waals surface area contributed by atoms with Crippen LogP contribution in [0.2, 0.25) is 0 Å². The monoisotopic (exact) mass is 422 g/mol. The molecule has 0 bridgehead atoms. The second kappa shape index (κ2) is 10.6. The van der Waals surface area contributed by atoms with E-state index in [0.29, 0.717) is 25.7 Å². The van der Waals surface area contributed by atoms with Crippen LogP contribution in [0.25, 0.3) is 0 Å². The second-order valence-electron chi connectivity index (χ2n) is 8.38. The van der Waals surface area contributed by atoms with Crippen molar-refractivity contribution in [1.82, 2.24) is 10.2 Å². The summed E-state index contributed by atoms with van der Waals surface area (Å²) in [7, 11) is 0. The lowest BCUT2D eigenvalue weighted by Gasteiger charge is -2.36. The average molecular weight is 422 g/mol. The molecule has 1 N–H and O–H groups in total. The van der Waals surface area contributed by atoms with Crippen LogP contribution in [0.3, 0.4) is 0 Å². The minimum absolute atomic E-state index is 0.0315. The number of amides is 2. The maximum Gasteiger partial charge on any atom is 0.391 e. The van der Waals surface area contributed by atoms with Crippen LogP contribution in [0.15, 0.2) is 0 Å². The number of alkyl halides is 3. The van der Waals surface area contributed by atoms with E-state index in [1.54, 1.807) is 20.8 Å². The first-order chi connectivity index (χ1) is 13.6. The number of hydrogen-bond donors (Lipinski definition) is 1. The molecule has 0 aromatic rings. The van der Waals surface area contributed by atoms with Gasteiger partial charge in [0, 0.05) is 32.2 Å². The number of halogens is 3. The Morgan fingerprint density at radius 3 is 2.21 bits per heavy atom. The Morgan fingerprint density at radius 2 is 1.69 bits per heavy atom. The van der Waals surface area contributed by atoms with Crippen molar-refractivity contribution in [3.8, 4) is 0 Å². The SMILES string of the molecule is CC(C)C(=O)N[C@H](C(=O)N1CCC(C(F)(F)F)CC1)[C@@H](C)OCC1CCOCC1. The summed E-state index contributed by atoms with van der Waals surface area (Å²) in [5, 5.41) is 2.74. The van der Waals surface area contributed by atoms with Crippen molar-refractivity contribution >= 4 is 11.8 Å². The Balaban J connectivity index is 1.98. The Kier molecular flexibility index (Phi) is 8.75. The van der Waals surface area contributed by atoms with Gasteiger partial charge < -0.3 is 19.7 Å². The van der Waals surface area contributed by atoms with E-state index in [0.717, 1.165) is 12.8 Å². The zero-order valence-electron chi connectivity index (χ0n) is 17.5. The molecule has 2 rings (SSSR count). The molecule has 0 saturated carbocycles. The van der Waals surface area contributed by atoms with Crippen LogP contribution in [0.4, 0.5) is 13.2 Å². The molecule has 2 amide bonds. The molecule has 2 saturated heterocycles. The van der Waals surface area contributed by atoms with Crippen LogP contribution in [-0.2, 0) is 19.1 Å². The van der Waals surface area contributed by atoms with E-state index in [1.165, 1.54) is 4.90 Å². The van der Waals surface area contributed by atoms with Crippen molar-refractivity contribution in [3.63, 3.8) is 0 Å². The molecule has 0 unspecified atom stereocenters. The number of likely N-dealkylation sites (tertiary alicyclic amines) is 1. The number of piperidine rings is 1. The highest BCUT2D eigenvalue weighted by molar-refractivity contribution is 5.88. The van der Waals surface area contributed by atoms with Gasteiger partial charge in [0.15, 0.2) is 0 Å². The molecule has 0 aliphatic carbocycles. The van der Waals surface area contributed by atoms with Crippen molar-refractivity contribution in [1.29, 1.82) is 0 Å². The van der Waals surface area contributed by atoms with Crippen LogP contribution in [0.1, 0.15) is 46.5 Å². The van der Waals surface area contributed by atoms with Gasteiger partial charge in [-0.05, 0) is 38.5 Å². The molecular weight excluding hydrogens is 389 g/mol. The van der Waals surface area contributed by atoms with E-state index in [4.69, 9.17) is 9.47 Å². The normalized spacial score (nSPS) is 21.8. The zero-order valence-corrected chi connectivity index (χ0v) is 17.5. The lowest BCUT2D eigenvalue weighted by molar-refractivity contribution is -0.187. The van der Waals surface area contributed by atoms with E-state index in [-0.39, 0.29) is 43.7 Å².